The van der Waals surface area contributed by atoms with E-state index in [2.05, 4.69) is 9.97 Å². The topological polar surface area (TPSA) is 49.3 Å². The maximum Gasteiger partial charge on any atom is 0.451 e. The lowest BCUT2D eigenvalue weighted by Gasteiger charge is -2.42. The van der Waals surface area contributed by atoms with Gasteiger partial charge in [0.15, 0.2) is 0 Å². The first-order chi connectivity index (χ1) is 15.2. The molecule has 0 bridgehead atoms. The SMILES string of the molecule is O=C1N(c2cnc(C(F)(F)F)nc2)CC2(CCC(c3cccc(F)c3)CC2)N1CC1CC1. The summed E-state index contributed by atoms with van der Waals surface area (Å²) in [7, 11) is 0. The molecule has 9 heteroatoms. The van der Waals surface area contributed by atoms with E-state index in [0.29, 0.717) is 19.0 Å². The molecule has 3 fully saturated rings. The number of nitrogens with zero attached hydrogens (tertiary/aromatic N) is 4. The van der Waals surface area contributed by atoms with Crippen LogP contribution in [0.5, 0.6) is 0 Å². The van der Waals surface area contributed by atoms with Gasteiger partial charge in [0.05, 0.1) is 30.2 Å². The Morgan fingerprint density at radius 2 is 1.75 bits per heavy atom. The van der Waals surface area contributed by atoms with Gasteiger partial charge in [-0.15, -0.1) is 0 Å². The highest BCUT2D eigenvalue weighted by molar-refractivity contribution is 5.95. The van der Waals surface area contributed by atoms with E-state index < -0.39 is 12.0 Å². The van der Waals surface area contributed by atoms with Gasteiger partial charge < -0.3 is 4.90 Å². The number of amides is 2. The number of urea groups is 1. The van der Waals surface area contributed by atoms with Gasteiger partial charge in [0.2, 0.25) is 5.82 Å². The third-order valence-corrected chi connectivity index (χ3v) is 7.06. The average molecular weight is 448 g/mol. The van der Waals surface area contributed by atoms with Crippen molar-refractivity contribution in [3.05, 3.63) is 53.9 Å². The van der Waals surface area contributed by atoms with Crippen molar-refractivity contribution < 1.29 is 22.4 Å². The number of benzene rings is 1. The molecule has 1 saturated heterocycles. The van der Waals surface area contributed by atoms with Gasteiger partial charge in [-0.3, -0.25) is 4.90 Å². The summed E-state index contributed by atoms with van der Waals surface area (Å²) >= 11 is 0. The van der Waals surface area contributed by atoms with Crippen molar-refractivity contribution in [1.82, 2.24) is 14.9 Å². The average Bonchev–Trinajstić information content (AvgIpc) is 3.55. The Morgan fingerprint density at radius 1 is 1.06 bits per heavy atom. The Kier molecular flexibility index (Phi) is 5.09. The van der Waals surface area contributed by atoms with Crippen LogP contribution in [0.25, 0.3) is 0 Å². The predicted octanol–water partition coefficient (Wildman–Crippen LogP) is 5.38. The minimum Gasteiger partial charge on any atom is -0.317 e. The smallest absolute Gasteiger partial charge is 0.317 e. The van der Waals surface area contributed by atoms with Crippen LogP contribution in [0.4, 0.5) is 28.0 Å². The van der Waals surface area contributed by atoms with Gasteiger partial charge in [0.25, 0.3) is 0 Å². The van der Waals surface area contributed by atoms with E-state index in [9.17, 15) is 22.4 Å². The molecule has 1 aliphatic heterocycles. The van der Waals surface area contributed by atoms with Crippen molar-refractivity contribution in [2.45, 2.75) is 56.2 Å². The van der Waals surface area contributed by atoms with Crippen molar-refractivity contribution in [3.8, 4) is 0 Å². The number of carbonyl (C=O) groups excluding carboxylic acids is 1. The quantitative estimate of drug-likeness (QED) is 0.590. The minimum absolute atomic E-state index is 0.190. The van der Waals surface area contributed by atoms with Gasteiger partial charge in [0, 0.05) is 6.54 Å². The van der Waals surface area contributed by atoms with Crippen LogP contribution in [0.1, 0.15) is 55.8 Å². The number of hydrogen-bond acceptors (Lipinski definition) is 3. The largest absolute Gasteiger partial charge is 0.451 e. The summed E-state index contributed by atoms with van der Waals surface area (Å²) in [6.45, 7) is 1.07. The lowest BCUT2D eigenvalue weighted by atomic mass is 9.73. The van der Waals surface area contributed by atoms with Crippen molar-refractivity contribution in [1.29, 1.82) is 0 Å². The summed E-state index contributed by atoms with van der Waals surface area (Å²) in [5.41, 5.74) is 0.894. The second-order valence-corrected chi connectivity index (χ2v) is 9.24. The number of alkyl halides is 3. The van der Waals surface area contributed by atoms with Crippen LogP contribution in [0.15, 0.2) is 36.7 Å². The molecular weight excluding hydrogens is 424 g/mol. The van der Waals surface area contributed by atoms with Crippen LogP contribution in [-0.4, -0.2) is 39.5 Å². The standard InChI is InChI=1S/C23H24F4N4O/c24-18-3-1-2-17(10-18)16-6-8-22(9-7-16)14-30(21(32)31(22)13-15-4-5-15)19-11-28-20(29-12-19)23(25,26)27/h1-3,10-12,15-16H,4-9,13-14H2. The minimum atomic E-state index is -4.62. The summed E-state index contributed by atoms with van der Waals surface area (Å²) in [5.74, 6) is -0.742. The second-order valence-electron chi connectivity index (χ2n) is 9.24. The first kappa shape index (κ1) is 21.2. The van der Waals surface area contributed by atoms with E-state index in [0.717, 1.165) is 56.5 Å². The number of hydrogen-bond donors (Lipinski definition) is 0. The van der Waals surface area contributed by atoms with Gasteiger partial charge in [-0.2, -0.15) is 13.2 Å². The molecule has 2 heterocycles. The molecule has 5 rings (SSSR count). The van der Waals surface area contributed by atoms with Crippen molar-refractivity contribution >= 4 is 11.7 Å². The molecule has 2 aliphatic carbocycles. The van der Waals surface area contributed by atoms with E-state index in [1.54, 1.807) is 12.1 Å². The molecule has 2 amide bonds. The maximum atomic E-state index is 13.7. The van der Waals surface area contributed by atoms with E-state index in [4.69, 9.17) is 0 Å². The van der Waals surface area contributed by atoms with E-state index in [1.807, 2.05) is 11.0 Å². The fraction of sp³-hybridized carbons (Fsp3) is 0.522. The van der Waals surface area contributed by atoms with Crippen molar-refractivity contribution in [3.63, 3.8) is 0 Å². The van der Waals surface area contributed by atoms with Crippen LogP contribution < -0.4 is 4.90 Å². The normalized spacial score (nSPS) is 26.2. The molecule has 1 aromatic heterocycles. The monoisotopic (exact) mass is 448 g/mol. The van der Waals surface area contributed by atoms with Crippen molar-refractivity contribution in [2.24, 2.45) is 5.92 Å². The molecule has 0 N–H and O–H groups in total. The molecule has 0 atom stereocenters. The van der Waals surface area contributed by atoms with Gasteiger partial charge in [0.1, 0.15) is 5.82 Å². The third kappa shape index (κ3) is 3.93. The number of rotatable bonds is 4. The van der Waals surface area contributed by atoms with Gasteiger partial charge in [-0.05, 0) is 68.1 Å². The van der Waals surface area contributed by atoms with Gasteiger partial charge in [-0.1, -0.05) is 12.1 Å². The lowest BCUT2D eigenvalue weighted by Crippen LogP contribution is -2.50. The zero-order valence-electron chi connectivity index (χ0n) is 17.5. The Labute approximate surface area is 183 Å². The maximum absolute atomic E-state index is 13.7. The summed E-state index contributed by atoms with van der Waals surface area (Å²) in [5, 5.41) is 0. The molecule has 0 unspecified atom stereocenters. The molecule has 32 heavy (non-hydrogen) atoms. The molecular formula is C23H24F4N4O. The first-order valence-electron chi connectivity index (χ1n) is 11.0. The number of aromatic nitrogens is 2. The van der Waals surface area contributed by atoms with Crippen molar-refractivity contribution in [2.75, 3.05) is 18.0 Å². The molecule has 3 aliphatic rings. The second kappa shape index (κ2) is 7.71. The highest BCUT2D eigenvalue weighted by atomic mass is 19.4. The van der Waals surface area contributed by atoms with Gasteiger partial charge in [-0.25, -0.2) is 19.2 Å². The highest BCUT2D eigenvalue weighted by Crippen LogP contribution is 2.47. The Balaban J connectivity index is 1.37. The molecule has 1 spiro atoms. The summed E-state index contributed by atoms with van der Waals surface area (Å²) in [6, 6.07) is 6.49. The Bertz CT molecular complexity index is 998. The molecule has 0 radical (unpaired) electrons. The fourth-order valence-electron chi connectivity index (χ4n) is 5.11. The molecule has 1 aromatic carbocycles. The molecule has 2 saturated carbocycles. The summed E-state index contributed by atoms with van der Waals surface area (Å²) < 4.78 is 52.2. The molecule has 2 aromatic rings. The third-order valence-electron chi connectivity index (χ3n) is 7.06. The highest BCUT2D eigenvalue weighted by Gasteiger charge is 2.52. The van der Waals surface area contributed by atoms with Crippen LogP contribution in [-0.2, 0) is 6.18 Å². The molecule has 5 nitrogen and oxygen atoms in total. The zero-order valence-corrected chi connectivity index (χ0v) is 17.5. The fourth-order valence-corrected chi connectivity index (χ4v) is 5.11. The van der Waals surface area contributed by atoms with Crippen LogP contribution in [0.3, 0.4) is 0 Å². The Hall–Kier alpha value is -2.71. The number of anilines is 1. The lowest BCUT2D eigenvalue weighted by molar-refractivity contribution is -0.144. The van der Waals surface area contributed by atoms with Gasteiger partial charge >= 0.3 is 12.2 Å². The van der Waals surface area contributed by atoms with E-state index in [1.165, 1.54) is 11.0 Å². The Morgan fingerprint density at radius 3 is 2.34 bits per heavy atom. The van der Waals surface area contributed by atoms with Crippen LogP contribution >= 0.6 is 0 Å². The number of carbonyl (C=O) groups is 1. The molecule has 170 valence electrons. The number of halogens is 4. The summed E-state index contributed by atoms with van der Waals surface area (Å²) in [4.78, 5) is 23.7. The predicted molar refractivity (Wildman–Crippen MR) is 110 cm³/mol. The first-order valence-corrected chi connectivity index (χ1v) is 11.0. The zero-order chi connectivity index (χ0) is 22.5. The summed E-state index contributed by atoms with van der Waals surface area (Å²) in [6.07, 6.45) is 2.92. The van der Waals surface area contributed by atoms with Crippen LogP contribution in [0.2, 0.25) is 0 Å². The van der Waals surface area contributed by atoms with Crippen LogP contribution in [0, 0.1) is 11.7 Å². The van der Waals surface area contributed by atoms with E-state index >= 15 is 0 Å². The van der Waals surface area contributed by atoms with E-state index in [-0.39, 0.29) is 29.0 Å².